The Morgan fingerprint density at radius 2 is 1.35 bits per heavy atom. The predicted molar refractivity (Wildman–Crippen MR) is 97.8 cm³/mol. The van der Waals surface area contributed by atoms with E-state index < -0.39 is 0 Å². The van der Waals surface area contributed by atoms with E-state index in [1.54, 1.807) is 0 Å². The first-order chi connectivity index (χ1) is 11.3. The number of hydrogen-bond donors (Lipinski definition) is 1. The highest BCUT2D eigenvalue weighted by Gasteiger charge is 2.29. The van der Waals surface area contributed by atoms with Gasteiger partial charge in [0.25, 0.3) is 0 Å². The molecule has 2 aliphatic heterocycles. The summed E-state index contributed by atoms with van der Waals surface area (Å²) in [6.45, 7) is 0.0652. The Morgan fingerprint density at radius 3 is 2.04 bits per heavy atom. The van der Waals surface area contributed by atoms with Gasteiger partial charge in [0, 0.05) is 5.60 Å². The van der Waals surface area contributed by atoms with Gasteiger partial charge in [-0.1, -0.05) is 66.6 Å². The maximum absolute atomic E-state index is 6.51. The van der Waals surface area contributed by atoms with Gasteiger partial charge in [0.15, 0.2) is 0 Å². The van der Waals surface area contributed by atoms with Crippen LogP contribution in [-0.4, -0.2) is 11.7 Å². The van der Waals surface area contributed by atoms with E-state index in [1.165, 1.54) is 11.1 Å². The summed E-state index contributed by atoms with van der Waals surface area (Å²) in [5.41, 5.74) is 12.1. The van der Waals surface area contributed by atoms with Crippen molar-refractivity contribution >= 4 is 18.0 Å². The summed E-state index contributed by atoms with van der Waals surface area (Å²) in [4.78, 5) is 2.15. The smallest absolute Gasteiger partial charge is 0.337 e. The van der Waals surface area contributed by atoms with Gasteiger partial charge in [-0.05, 0) is 46.8 Å². The fraction of sp³-hybridized carbons (Fsp3) is 0. The molecular formula is C20H17BN2. The molecule has 0 fully saturated rings. The summed E-state index contributed by atoms with van der Waals surface area (Å²) in [5.74, 6) is 2.23. The fourth-order valence-corrected chi connectivity index (χ4v) is 3.08. The molecule has 23 heavy (non-hydrogen) atoms. The SMILES string of the molecule is NC1=C(c2ccccc2)C=CN2C=CC(c3ccccc3)=CB12. The normalized spacial score (nSPS) is 16.4. The predicted octanol–water partition coefficient (Wildman–Crippen LogP) is 3.87. The van der Waals surface area contributed by atoms with Crippen molar-refractivity contribution in [2.45, 2.75) is 0 Å². The van der Waals surface area contributed by atoms with E-state index in [4.69, 9.17) is 5.73 Å². The first-order valence-electron chi connectivity index (χ1n) is 7.79. The number of benzene rings is 2. The average Bonchev–Trinajstić information content (AvgIpc) is 2.63. The zero-order chi connectivity index (χ0) is 15.6. The molecule has 2 nitrogen and oxygen atoms in total. The maximum Gasteiger partial charge on any atom is 0.337 e. The van der Waals surface area contributed by atoms with Crippen molar-refractivity contribution in [2.75, 3.05) is 0 Å². The topological polar surface area (TPSA) is 29.3 Å². The molecule has 0 radical (unpaired) electrons. The van der Waals surface area contributed by atoms with Gasteiger partial charge in [-0.3, -0.25) is 0 Å². The van der Waals surface area contributed by atoms with E-state index in [9.17, 15) is 0 Å². The molecule has 0 bridgehead atoms. The van der Waals surface area contributed by atoms with Gasteiger partial charge in [-0.15, -0.1) is 0 Å². The molecule has 0 aliphatic carbocycles. The van der Waals surface area contributed by atoms with E-state index in [2.05, 4.69) is 71.7 Å². The van der Waals surface area contributed by atoms with Crippen molar-refractivity contribution in [3.8, 4) is 0 Å². The summed E-state index contributed by atoms with van der Waals surface area (Å²) < 4.78 is 0. The summed E-state index contributed by atoms with van der Waals surface area (Å²) in [7, 11) is 0. The molecule has 0 saturated heterocycles. The van der Waals surface area contributed by atoms with Crippen molar-refractivity contribution in [3.05, 3.63) is 108 Å². The van der Waals surface area contributed by atoms with Crippen molar-refractivity contribution < 1.29 is 0 Å². The minimum absolute atomic E-state index is 0.0652. The number of rotatable bonds is 2. The molecule has 110 valence electrons. The van der Waals surface area contributed by atoms with Crippen LogP contribution in [0, 0.1) is 0 Å². The zero-order valence-corrected chi connectivity index (χ0v) is 12.8. The highest BCUT2D eigenvalue weighted by Crippen LogP contribution is 2.30. The lowest BCUT2D eigenvalue weighted by Crippen LogP contribution is -2.39. The molecule has 0 aromatic heterocycles. The quantitative estimate of drug-likeness (QED) is 0.852. The molecule has 2 aromatic rings. The van der Waals surface area contributed by atoms with E-state index in [1.807, 2.05) is 24.3 Å². The van der Waals surface area contributed by atoms with E-state index in [0.717, 1.165) is 16.7 Å². The van der Waals surface area contributed by atoms with Gasteiger partial charge in [-0.25, -0.2) is 0 Å². The number of nitrogens with two attached hydrogens (primary N) is 1. The second-order valence-electron chi connectivity index (χ2n) is 5.75. The molecule has 2 N–H and O–H groups in total. The lowest BCUT2D eigenvalue weighted by atomic mass is 9.52. The Hall–Kier alpha value is -2.94. The van der Waals surface area contributed by atoms with Gasteiger partial charge in [-0.2, -0.15) is 0 Å². The summed E-state index contributed by atoms with van der Waals surface area (Å²) in [5, 5.41) is 0. The van der Waals surface area contributed by atoms with Gasteiger partial charge >= 0.3 is 6.85 Å². The lowest BCUT2D eigenvalue weighted by Gasteiger charge is -2.31. The van der Waals surface area contributed by atoms with Crippen LogP contribution in [0.1, 0.15) is 11.1 Å². The summed E-state index contributed by atoms with van der Waals surface area (Å²) in [6, 6.07) is 20.7. The number of nitrogens with zero attached hydrogens (tertiary/aromatic N) is 1. The molecule has 0 unspecified atom stereocenters. The fourth-order valence-electron chi connectivity index (χ4n) is 3.08. The Balaban J connectivity index is 1.75. The second kappa shape index (κ2) is 5.69. The Kier molecular flexibility index (Phi) is 3.39. The second-order valence-corrected chi connectivity index (χ2v) is 5.75. The highest BCUT2D eigenvalue weighted by molar-refractivity contribution is 6.72. The third-order valence-electron chi connectivity index (χ3n) is 4.32. The van der Waals surface area contributed by atoms with Gasteiger partial charge < -0.3 is 10.5 Å². The number of fused-ring (bicyclic) bond motifs is 1. The van der Waals surface area contributed by atoms with Crippen molar-refractivity contribution in [2.24, 2.45) is 5.73 Å². The van der Waals surface area contributed by atoms with Crippen LogP contribution in [0.25, 0.3) is 11.1 Å². The summed E-state index contributed by atoms with van der Waals surface area (Å²) in [6.07, 6.45) is 8.42. The minimum atomic E-state index is 0.0652. The van der Waals surface area contributed by atoms with Crippen molar-refractivity contribution in [3.63, 3.8) is 0 Å². The van der Waals surface area contributed by atoms with Crippen LogP contribution in [0.3, 0.4) is 0 Å². The monoisotopic (exact) mass is 296 g/mol. The van der Waals surface area contributed by atoms with Crippen LogP contribution < -0.4 is 5.73 Å². The van der Waals surface area contributed by atoms with Crippen molar-refractivity contribution in [1.82, 2.24) is 4.81 Å². The van der Waals surface area contributed by atoms with E-state index in [-0.39, 0.29) is 6.85 Å². The third kappa shape index (κ3) is 2.51. The summed E-state index contributed by atoms with van der Waals surface area (Å²) >= 11 is 0. The number of hydrogen-bond acceptors (Lipinski definition) is 2. The van der Waals surface area contributed by atoms with Crippen LogP contribution in [-0.2, 0) is 0 Å². The van der Waals surface area contributed by atoms with Gasteiger partial charge in [0.1, 0.15) is 0 Å². The van der Waals surface area contributed by atoms with E-state index in [0.29, 0.717) is 0 Å². The van der Waals surface area contributed by atoms with E-state index >= 15 is 0 Å². The molecule has 2 aromatic carbocycles. The first-order valence-corrected chi connectivity index (χ1v) is 7.79. The van der Waals surface area contributed by atoms with Gasteiger partial charge in [0.2, 0.25) is 0 Å². The molecule has 2 aliphatic rings. The Labute approximate surface area is 137 Å². The first kappa shape index (κ1) is 13.7. The molecule has 0 atom stereocenters. The van der Waals surface area contributed by atoms with Crippen LogP contribution in [0.15, 0.2) is 96.8 Å². The standard InChI is InChI=1S/C20H17BN2/c22-20-19(17-9-5-2-6-10-17)12-14-23-13-11-18(15-21(20)23)16-7-3-1-4-8-16/h1-15H,22H2. The molecule has 0 amide bonds. The molecule has 0 spiro atoms. The third-order valence-corrected chi connectivity index (χ3v) is 4.32. The Morgan fingerprint density at radius 1 is 0.739 bits per heavy atom. The van der Waals surface area contributed by atoms with Crippen LogP contribution in [0.4, 0.5) is 0 Å². The van der Waals surface area contributed by atoms with Crippen LogP contribution in [0.2, 0.25) is 0 Å². The largest absolute Gasteiger partial charge is 0.407 e. The molecule has 3 heteroatoms. The zero-order valence-electron chi connectivity index (χ0n) is 12.8. The Bertz CT molecular complexity index is 832. The highest BCUT2D eigenvalue weighted by atomic mass is 15.0. The molecule has 2 heterocycles. The van der Waals surface area contributed by atoms with Crippen molar-refractivity contribution in [1.29, 1.82) is 0 Å². The number of allylic oxidation sites excluding steroid dienone is 4. The van der Waals surface area contributed by atoms with Crippen LogP contribution in [0.5, 0.6) is 0 Å². The molecular weight excluding hydrogens is 279 g/mol. The maximum atomic E-state index is 6.51. The lowest BCUT2D eigenvalue weighted by molar-refractivity contribution is 0.785. The molecule has 4 rings (SSSR count). The average molecular weight is 296 g/mol. The molecule has 0 saturated carbocycles. The van der Waals surface area contributed by atoms with Crippen LogP contribution >= 0.6 is 0 Å². The van der Waals surface area contributed by atoms with Gasteiger partial charge in [0.05, 0.1) is 0 Å². The minimum Gasteiger partial charge on any atom is -0.407 e.